The van der Waals surface area contributed by atoms with Gasteiger partial charge in [0.05, 0.1) is 0 Å². The molecule has 0 atom stereocenters. The van der Waals surface area contributed by atoms with Gasteiger partial charge >= 0.3 is 0 Å². The fourth-order valence-corrected chi connectivity index (χ4v) is 2.04. The van der Waals surface area contributed by atoms with E-state index in [1.54, 1.807) is 11.3 Å². The molecule has 0 aliphatic carbocycles. The van der Waals surface area contributed by atoms with Crippen LogP contribution in [-0.2, 0) is 0 Å². The van der Waals surface area contributed by atoms with Gasteiger partial charge in [0.25, 0.3) is 0 Å². The SMILES string of the molecule is Cc1c[c]ccc1-c1cccs1. The van der Waals surface area contributed by atoms with E-state index in [-0.39, 0.29) is 0 Å². The second-order valence-corrected chi connectivity index (χ2v) is 3.67. The maximum absolute atomic E-state index is 3.07. The number of rotatable bonds is 1. The molecular formula is C11H9S. The second kappa shape index (κ2) is 3.11. The van der Waals surface area contributed by atoms with E-state index in [0.29, 0.717) is 0 Å². The van der Waals surface area contributed by atoms with Crippen molar-refractivity contribution >= 4 is 11.3 Å². The minimum Gasteiger partial charge on any atom is -0.144 e. The van der Waals surface area contributed by atoms with E-state index in [1.807, 2.05) is 12.1 Å². The molecule has 0 aliphatic rings. The molecule has 1 radical (unpaired) electrons. The Labute approximate surface area is 76.5 Å². The lowest BCUT2D eigenvalue weighted by atomic mass is 10.1. The molecule has 59 valence electrons. The predicted octanol–water partition coefficient (Wildman–Crippen LogP) is 3.52. The number of hydrogen-bond donors (Lipinski definition) is 0. The standard InChI is InChI=1S/C11H9S/c1-9-5-2-3-6-10(9)11-7-4-8-12-11/h3-8H,1H3. The third kappa shape index (κ3) is 1.28. The zero-order valence-corrected chi connectivity index (χ0v) is 7.69. The topological polar surface area (TPSA) is 0 Å². The van der Waals surface area contributed by atoms with Crippen molar-refractivity contribution < 1.29 is 0 Å². The van der Waals surface area contributed by atoms with Gasteiger partial charge in [0.2, 0.25) is 0 Å². The summed E-state index contributed by atoms with van der Waals surface area (Å²) in [6.07, 6.45) is 0. The van der Waals surface area contributed by atoms with Crippen molar-refractivity contribution in [1.29, 1.82) is 0 Å². The number of thiophene rings is 1. The molecule has 1 aromatic carbocycles. The summed E-state index contributed by atoms with van der Waals surface area (Å²) >= 11 is 1.78. The van der Waals surface area contributed by atoms with Crippen LogP contribution in [0.15, 0.2) is 35.7 Å². The summed E-state index contributed by atoms with van der Waals surface area (Å²) in [7, 11) is 0. The molecule has 0 aliphatic heterocycles. The molecule has 2 rings (SSSR count). The van der Waals surface area contributed by atoms with Crippen LogP contribution < -0.4 is 0 Å². The summed E-state index contributed by atoms with van der Waals surface area (Å²) in [6.45, 7) is 2.12. The first kappa shape index (κ1) is 7.56. The van der Waals surface area contributed by atoms with Crippen LogP contribution in [0.4, 0.5) is 0 Å². The van der Waals surface area contributed by atoms with Crippen molar-refractivity contribution in [1.82, 2.24) is 0 Å². The Kier molecular flexibility index (Phi) is 1.96. The van der Waals surface area contributed by atoms with Gasteiger partial charge in [0.1, 0.15) is 0 Å². The number of aryl methyl sites for hydroxylation is 1. The minimum absolute atomic E-state index is 1.29. The van der Waals surface area contributed by atoms with Crippen LogP contribution in [0.3, 0.4) is 0 Å². The first-order chi connectivity index (χ1) is 5.88. The highest BCUT2D eigenvalue weighted by atomic mass is 32.1. The summed E-state index contributed by atoms with van der Waals surface area (Å²) in [5, 5.41) is 2.10. The first-order valence-electron chi connectivity index (χ1n) is 3.88. The zero-order chi connectivity index (χ0) is 8.39. The summed E-state index contributed by atoms with van der Waals surface area (Å²) in [5.74, 6) is 0. The first-order valence-corrected chi connectivity index (χ1v) is 4.76. The van der Waals surface area contributed by atoms with Gasteiger partial charge in [-0.1, -0.05) is 24.3 Å². The Bertz CT molecular complexity index is 360. The fourth-order valence-electron chi connectivity index (χ4n) is 1.22. The van der Waals surface area contributed by atoms with Crippen molar-refractivity contribution in [2.45, 2.75) is 6.92 Å². The molecule has 0 unspecified atom stereocenters. The Hall–Kier alpha value is -1.08. The lowest BCUT2D eigenvalue weighted by molar-refractivity contribution is 1.47. The van der Waals surface area contributed by atoms with Gasteiger partial charge in [0, 0.05) is 4.88 Å². The van der Waals surface area contributed by atoms with Gasteiger partial charge in [-0.3, -0.25) is 0 Å². The van der Waals surface area contributed by atoms with Crippen LogP contribution in [0.1, 0.15) is 5.56 Å². The Morgan fingerprint density at radius 1 is 1.33 bits per heavy atom. The summed E-state index contributed by atoms with van der Waals surface area (Å²) in [6, 6.07) is 13.4. The molecule has 1 heteroatoms. The lowest BCUT2D eigenvalue weighted by Crippen LogP contribution is -1.77. The van der Waals surface area contributed by atoms with Crippen LogP contribution >= 0.6 is 11.3 Å². The predicted molar refractivity (Wildman–Crippen MR) is 53.3 cm³/mol. The van der Waals surface area contributed by atoms with Crippen LogP contribution in [0.2, 0.25) is 0 Å². The molecule has 0 bridgehead atoms. The quantitative estimate of drug-likeness (QED) is 0.619. The fraction of sp³-hybridized carbons (Fsp3) is 0.0909. The maximum Gasteiger partial charge on any atom is 0.0345 e. The van der Waals surface area contributed by atoms with E-state index in [1.165, 1.54) is 16.0 Å². The van der Waals surface area contributed by atoms with Crippen LogP contribution in [0, 0.1) is 13.0 Å². The van der Waals surface area contributed by atoms with Crippen molar-refractivity contribution in [3.63, 3.8) is 0 Å². The average Bonchev–Trinajstić information content (AvgIpc) is 2.57. The molecule has 1 heterocycles. The van der Waals surface area contributed by atoms with E-state index in [9.17, 15) is 0 Å². The molecule has 0 amide bonds. The highest BCUT2D eigenvalue weighted by molar-refractivity contribution is 7.13. The average molecular weight is 173 g/mol. The Balaban J connectivity index is 2.55. The molecule has 0 nitrogen and oxygen atoms in total. The van der Waals surface area contributed by atoms with E-state index in [0.717, 1.165) is 0 Å². The van der Waals surface area contributed by atoms with Gasteiger partial charge in [-0.25, -0.2) is 0 Å². The molecule has 0 spiro atoms. The Morgan fingerprint density at radius 2 is 2.25 bits per heavy atom. The van der Waals surface area contributed by atoms with Crippen LogP contribution in [0.25, 0.3) is 10.4 Å². The van der Waals surface area contributed by atoms with E-state index in [4.69, 9.17) is 0 Å². The second-order valence-electron chi connectivity index (χ2n) is 2.72. The monoisotopic (exact) mass is 173 g/mol. The summed E-state index contributed by atoms with van der Waals surface area (Å²) < 4.78 is 0. The largest absolute Gasteiger partial charge is 0.144 e. The highest BCUT2D eigenvalue weighted by Gasteiger charge is 1.99. The third-order valence-corrected chi connectivity index (χ3v) is 2.76. The molecule has 1 aromatic heterocycles. The molecular weight excluding hydrogens is 164 g/mol. The lowest BCUT2D eigenvalue weighted by Gasteiger charge is -2.00. The number of benzene rings is 1. The third-order valence-electron chi connectivity index (χ3n) is 1.86. The van der Waals surface area contributed by atoms with E-state index < -0.39 is 0 Å². The molecule has 0 fully saturated rings. The van der Waals surface area contributed by atoms with Gasteiger partial charge in [-0.15, -0.1) is 11.3 Å². The molecule has 12 heavy (non-hydrogen) atoms. The van der Waals surface area contributed by atoms with Gasteiger partial charge in [0.15, 0.2) is 0 Å². The van der Waals surface area contributed by atoms with Gasteiger partial charge < -0.3 is 0 Å². The normalized spacial score (nSPS) is 10.1. The van der Waals surface area contributed by atoms with Crippen molar-refractivity contribution in [3.05, 3.63) is 47.3 Å². The van der Waals surface area contributed by atoms with Crippen molar-refractivity contribution in [3.8, 4) is 10.4 Å². The molecule has 0 saturated heterocycles. The van der Waals surface area contributed by atoms with Gasteiger partial charge in [-0.2, -0.15) is 0 Å². The summed E-state index contributed by atoms with van der Waals surface area (Å²) in [5.41, 5.74) is 2.61. The van der Waals surface area contributed by atoms with E-state index in [2.05, 4.69) is 36.6 Å². The molecule has 0 N–H and O–H groups in total. The van der Waals surface area contributed by atoms with Crippen molar-refractivity contribution in [2.24, 2.45) is 0 Å². The molecule has 2 aromatic rings. The van der Waals surface area contributed by atoms with Crippen LogP contribution in [-0.4, -0.2) is 0 Å². The maximum atomic E-state index is 3.07. The van der Waals surface area contributed by atoms with E-state index >= 15 is 0 Å². The van der Waals surface area contributed by atoms with Crippen LogP contribution in [0.5, 0.6) is 0 Å². The van der Waals surface area contributed by atoms with Crippen molar-refractivity contribution in [2.75, 3.05) is 0 Å². The smallest absolute Gasteiger partial charge is 0.0345 e. The number of hydrogen-bond acceptors (Lipinski definition) is 1. The zero-order valence-electron chi connectivity index (χ0n) is 6.87. The minimum atomic E-state index is 1.29. The highest BCUT2D eigenvalue weighted by Crippen LogP contribution is 2.26. The summed E-state index contributed by atoms with van der Waals surface area (Å²) in [4.78, 5) is 1.33. The Morgan fingerprint density at radius 3 is 2.92 bits per heavy atom. The molecule has 0 saturated carbocycles. The van der Waals surface area contributed by atoms with Gasteiger partial charge in [-0.05, 0) is 35.6 Å².